The van der Waals surface area contributed by atoms with E-state index in [1.165, 1.54) is 18.6 Å². The molecular weight excluding hydrogens is 363 g/mol. The normalized spacial score (nSPS) is 23.5. The van der Waals surface area contributed by atoms with Gasteiger partial charge in [0.15, 0.2) is 5.96 Å². The minimum atomic E-state index is -0.183. The number of hydrogen-bond acceptors (Lipinski definition) is 4. The summed E-state index contributed by atoms with van der Waals surface area (Å²) in [6, 6.07) is 5.43. The van der Waals surface area contributed by atoms with Crippen LogP contribution in [0.2, 0.25) is 0 Å². The van der Waals surface area contributed by atoms with E-state index in [-0.39, 0.29) is 10.6 Å². The van der Waals surface area contributed by atoms with Crippen LogP contribution in [0.1, 0.15) is 32.3 Å². The third-order valence-electron chi connectivity index (χ3n) is 5.06. The fourth-order valence-corrected chi connectivity index (χ4v) is 4.71. The van der Waals surface area contributed by atoms with Crippen LogP contribution >= 0.6 is 11.8 Å². The zero-order chi connectivity index (χ0) is 19.1. The van der Waals surface area contributed by atoms with Crippen LogP contribution in [0.25, 0.3) is 0 Å². The summed E-state index contributed by atoms with van der Waals surface area (Å²) < 4.78 is 20.2. The maximum absolute atomic E-state index is 14.5. The van der Waals surface area contributed by atoms with Gasteiger partial charge in [0.2, 0.25) is 0 Å². The molecule has 1 aromatic rings. The molecule has 2 fully saturated rings. The van der Waals surface area contributed by atoms with Crippen molar-refractivity contribution in [3.8, 4) is 0 Å². The maximum atomic E-state index is 14.5. The van der Waals surface area contributed by atoms with Crippen molar-refractivity contribution in [3.63, 3.8) is 0 Å². The topological polar surface area (TPSA) is 48.9 Å². The number of hydrogen-bond donors (Lipinski definition) is 2. The van der Waals surface area contributed by atoms with Crippen LogP contribution in [0.15, 0.2) is 23.2 Å². The molecule has 1 atom stereocenters. The van der Waals surface area contributed by atoms with E-state index in [4.69, 9.17) is 4.74 Å². The molecule has 0 aliphatic carbocycles. The van der Waals surface area contributed by atoms with Gasteiger partial charge in [0.1, 0.15) is 5.82 Å². The third kappa shape index (κ3) is 5.75. The second kappa shape index (κ2) is 9.64. The first-order chi connectivity index (χ1) is 13.1. The molecule has 1 unspecified atom stereocenters. The first-order valence-corrected chi connectivity index (χ1v) is 10.9. The summed E-state index contributed by atoms with van der Waals surface area (Å²) >= 11 is 2.03. The van der Waals surface area contributed by atoms with Crippen molar-refractivity contribution in [2.24, 2.45) is 4.99 Å². The number of guanidine groups is 1. The lowest BCUT2D eigenvalue weighted by Gasteiger charge is -2.29. The molecule has 3 rings (SSSR count). The highest BCUT2D eigenvalue weighted by molar-refractivity contribution is 8.00. The molecule has 2 saturated heterocycles. The van der Waals surface area contributed by atoms with Gasteiger partial charge < -0.3 is 20.3 Å². The number of ether oxygens (including phenoxy) is 1. The lowest BCUT2D eigenvalue weighted by atomic mass is 10.1. The summed E-state index contributed by atoms with van der Waals surface area (Å²) in [6.45, 7) is 9.30. The number of nitrogens with one attached hydrogen (secondary N) is 2. The first-order valence-electron chi connectivity index (χ1n) is 9.87. The lowest BCUT2D eigenvalue weighted by Crippen LogP contribution is -2.43. The molecular formula is C20H31FN4OS. The molecule has 1 aromatic carbocycles. The summed E-state index contributed by atoms with van der Waals surface area (Å²) in [7, 11) is 0. The van der Waals surface area contributed by atoms with Gasteiger partial charge in [-0.15, -0.1) is 0 Å². The lowest BCUT2D eigenvalue weighted by molar-refractivity contribution is 0.122. The number of rotatable bonds is 6. The molecule has 150 valence electrons. The highest BCUT2D eigenvalue weighted by Gasteiger charge is 2.29. The summed E-state index contributed by atoms with van der Waals surface area (Å²) in [4.78, 5) is 6.68. The second-order valence-electron chi connectivity index (χ2n) is 7.34. The van der Waals surface area contributed by atoms with Crippen LogP contribution in [0.3, 0.4) is 0 Å². The summed E-state index contributed by atoms with van der Waals surface area (Å²) in [5.74, 6) is 1.85. The molecule has 0 bridgehead atoms. The SMILES string of the molecule is CCNC(=NCc1ccc(N2CCOCC2)c(F)c1)NCC1(C)CCCS1. The van der Waals surface area contributed by atoms with Gasteiger partial charge in [-0.1, -0.05) is 6.07 Å². The van der Waals surface area contributed by atoms with Crippen molar-refractivity contribution in [2.45, 2.75) is 38.0 Å². The predicted octanol–water partition coefficient (Wildman–Crippen LogP) is 3.00. The van der Waals surface area contributed by atoms with Crippen molar-refractivity contribution in [1.82, 2.24) is 10.6 Å². The molecule has 2 aliphatic heterocycles. The Bertz CT molecular complexity index is 643. The van der Waals surface area contributed by atoms with E-state index in [1.807, 2.05) is 28.8 Å². The molecule has 0 radical (unpaired) electrons. The fraction of sp³-hybridized carbons (Fsp3) is 0.650. The molecule has 0 spiro atoms. The Morgan fingerprint density at radius 3 is 2.81 bits per heavy atom. The molecule has 2 N–H and O–H groups in total. The van der Waals surface area contributed by atoms with Gasteiger partial charge in [-0.05, 0) is 50.1 Å². The smallest absolute Gasteiger partial charge is 0.191 e. The van der Waals surface area contributed by atoms with Crippen LogP contribution < -0.4 is 15.5 Å². The number of benzene rings is 1. The maximum Gasteiger partial charge on any atom is 0.191 e. The molecule has 0 aromatic heterocycles. The highest BCUT2D eigenvalue weighted by Crippen LogP contribution is 2.36. The standard InChI is InChI=1S/C20H31FN4OS/c1-3-22-19(24-15-20(2)7-4-12-27-20)23-14-16-5-6-18(17(21)13-16)25-8-10-26-11-9-25/h5-6,13H,3-4,7-12,14-15H2,1-2H3,(H2,22,23,24). The molecule has 0 amide bonds. The van der Waals surface area contributed by atoms with E-state index in [2.05, 4.69) is 29.5 Å². The Kier molecular flexibility index (Phi) is 7.24. The third-order valence-corrected chi connectivity index (χ3v) is 6.60. The summed E-state index contributed by atoms with van der Waals surface area (Å²) in [5.41, 5.74) is 1.53. The summed E-state index contributed by atoms with van der Waals surface area (Å²) in [5, 5.41) is 6.74. The van der Waals surface area contributed by atoms with Gasteiger partial charge >= 0.3 is 0 Å². The van der Waals surface area contributed by atoms with E-state index >= 15 is 0 Å². The molecule has 5 nitrogen and oxygen atoms in total. The van der Waals surface area contributed by atoms with E-state index < -0.39 is 0 Å². The predicted molar refractivity (Wildman–Crippen MR) is 112 cm³/mol. The monoisotopic (exact) mass is 394 g/mol. The fourth-order valence-electron chi connectivity index (χ4n) is 3.47. The minimum Gasteiger partial charge on any atom is -0.378 e. The zero-order valence-corrected chi connectivity index (χ0v) is 17.2. The van der Waals surface area contributed by atoms with Gasteiger partial charge in [0.25, 0.3) is 0 Å². The van der Waals surface area contributed by atoms with E-state index in [9.17, 15) is 4.39 Å². The zero-order valence-electron chi connectivity index (χ0n) is 16.4. The van der Waals surface area contributed by atoms with Crippen LogP contribution in [0, 0.1) is 5.82 Å². The number of anilines is 1. The Hall–Kier alpha value is -1.47. The van der Waals surface area contributed by atoms with E-state index in [0.717, 1.165) is 37.7 Å². The molecule has 0 saturated carbocycles. The minimum absolute atomic E-state index is 0.183. The Morgan fingerprint density at radius 1 is 1.33 bits per heavy atom. The van der Waals surface area contributed by atoms with Gasteiger partial charge in [-0.2, -0.15) is 11.8 Å². The highest BCUT2D eigenvalue weighted by atomic mass is 32.2. The van der Waals surface area contributed by atoms with Crippen LogP contribution in [0.5, 0.6) is 0 Å². The van der Waals surface area contributed by atoms with Gasteiger partial charge in [-0.3, -0.25) is 0 Å². The number of aliphatic imine (C=N–C) groups is 1. The Balaban J connectivity index is 1.60. The first kappa shape index (κ1) is 20.3. The summed E-state index contributed by atoms with van der Waals surface area (Å²) in [6.07, 6.45) is 2.52. The van der Waals surface area contributed by atoms with Crippen molar-refractivity contribution in [3.05, 3.63) is 29.6 Å². The molecule has 2 heterocycles. The number of thioether (sulfide) groups is 1. The van der Waals surface area contributed by atoms with Crippen LogP contribution in [-0.2, 0) is 11.3 Å². The number of halogens is 1. The van der Waals surface area contributed by atoms with Crippen molar-refractivity contribution in [1.29, 1.82) is 0 Å². The van der Waals surface area contributed by atoms with Gasteiger partial charge in [-0.25, -0.2) is 9.38 Å². The van der Waals surface area contributed by atoms with E-state index in [1.54, 1.807) is 6.07 Å². The average molecular weight is 395 g/mol. The van der Waals surface area contributed by atoms with Crippen LogP contribution in [0.4, 0.5) is 10.1 Å². The average Bonchev–Trinajstić information content (AvgIpc) is 3.12. The van der Waals surface area contributed by atoms with Gasteiger partial charge in [0, 0.05) is 30.9 Å². The van der Waals surface area contributed by atoms with Crippen molar-refractivity contribution in [2.75, 3.05) is 50.0 Å². The molecule has 7 heteroatoms. The molecule has 27 heavy (non-hydrogen) atoms. The van der Waals surface area contributed by atoms with Crippen LogP contribution in [-0.4, -0.2) is 55.9 Å². The quantitative estimate of drug-likeness (QED) is 0.574. The number of morpholine rings is 1. The largest absolute Gasteiger partial charge is 0.378 e. The van der Waals surface area contributed by atoms with Crippen molar-refractivity contribution >= 4 is 23.4 Å². The Morgan fingerprint density at radius 2 is 2.15 bits per heavy atom. The van der Waals surface area contributed by atoms with Gasteiger partial charge in [0.05, 0.1) is 25.4 Å². The second-order valence-corrected chi connectivity index (χ2v) is 9.02. The molecule has 2 aliphatic rings. The Labute approximate surface area is 166 Å². The van der Waals surface area contributed by atoms with E-state index in [0.29, 0.717) is 25.4 Å². The number of nitrogens with zero attached hydrogens (tertiary/aromatic N) is 2. The van der Waals surface area contributed by atoms with Crippen molar-refractivity contribution < 1.29 is 9.13 Å².